The third kappa shape index (κ3) is 3.73. The van der Waals surface area contributed by atoms with Crippen LogP contribution in [0.2, 0.25) is 5.28 Å². The second-order valence-electron chi connectivity index (χ2n) is 6.99. The minimum absolute atomic E-state index is 0.108. The van der Waals surface area contributed by atoms with Gasteiger partial charge < -0.3 is 11.1 Å². The Kier molecular flexibility index (Phi) is 5.16. The lowest BCUT2D eigenvalue weighted by Gasteiger charge is -2.13. The smallest absolute Gasteiger partial charge is 0.269 e. The van der Waals surface area contributed by atoms with E-state index in [4.69, 9.17) is 17.3 Å². The lowest BCUT2D eigenvalue weighted by molar-refractivity contribution is 0.100. The zero-order chi connectivity index (χ0) is 22.3. The molecule has 0 radical (unpaired) electrons. The van der Waals surface area contributed by atoms with Gasteiger partial charge in [0.2, 0.25) is 5.28 Å². The minimum atomic E-state index is -3.91. The van der Waals surface area contributed by atoms with Gasteiger partial charge in [0.25, 0.3) is 15.9 Å². The van der Waals surface area contributed by atoms with Crippen LogP contribution in [0.4, 0.5) is 11.5 Å². The predicted molar refractivity (Wildman–Crippen MR) is 119 cm³/mol. The van der Waals surface area contributed by atoms with E-state index in [9.17, 15) is 13.2 Å². The van der Waals surface area contributed by atoms with E-state index in [0.717, 1.165) is 9.54 Å². The molecule has 0 saturated carbocycles. The number of aromatic nitrogens is 3. The number of primary amides is 1. The maximum atomic E-state index is 13.2. The SMILES string of the molecule is Cc1ccc(S(=O)(=O)n2ccc3c(Nc4cccc(C)c4C(N)=O)nc(Cl)nc32)cc1. The van der Waals surface area contributed by atoms with Crippen molar-refractivity contribution in [2.45, 2.75) is 18.7 Å². The van der Waals surface area contributed by atoms with Crippen molar-refractivity contribution in [1.29, 1.82) is 0 Å². The number of benzene rings is 2. The van der Waals surface area contributed by atoms with Crippen molar-refractivity contribution in [3.8, 4) is 0 Å². The first-order valence-electron chi connectivity index (χ1n) is 9.22. The Balaban J connectivity index is 1.86. The Bertz CT molecular complexity index is 1430. The summed E-state index contributed by atoms with van der Waals surface area (Å²) in [5, 5.41) is 3.31. The number of carbonyl (C=O) groups excluding carboxylic acids is 1. The minimum Gasteiger partial charge on any atom is -0.366 e. The van der Waals surface area contributed by atoms with Gasteiger partial charge in [0.15, 0.2) is 5.65 Å². The van der Waals surface area contributed by atoms with E-state index in [1.165, 1.54) is 18.3 Å². The lowest BCUT2D eigenvalue weighted by Crippen LogP contribution is -2.15. The molecule has 2 aromatic carbocycles. The predicted octanol–water partition coefficient (Wildman–Crippen LogP) is 3.78. The topological polar surface area (TPSA) is 120 Å². The van der Waals surface area contributed by atoms with Crippen LogP contribution in [-0.2, 0) is 10.0 Å². The largest absolute Gasteiger partial charge is 0.366 e. The number of aryl methyl sites for hydroxylation is 2. The summed E-state index contributed by atoms with van der Waals surface area (Å²) in [6.07, 6.45) is 1.39. The molecule has 0 bridgehead atoms. The van der Waals surface area contributed by atoms with Crippen LogP contribution in [-0.4, -0.2) is 28.3 Å². The molecule has 31 heavy (non-hydrogen) atoms. The molecule has 2 aromatic heterocycles. The van der Waals surface area contributed by atoms with Crippen molar-refractivity contribution >= 4 is 50.1 Å². The van der Waals surface area contributed by atoms with Crippen LogP contribution in [0.3, 0.4) is 0 Å². The van der Waals surface area contributed by atoms with Gasteiger partial charge in [-0.15, -0.1) is 0 Å². The summed E-state index contributed by atoms with van der Waals surface area (Å²) >= 11 is 6.11. The molecular formula is C21H18ClN5O3S. The number of amides is 1. The zero-order valence-electron chi connectivity index (χ0n) is 16.6. The number of anilines is 2. The average Bonchev–Trinajstić information content (AvgIpc) is 3.13. The van der Waals surface area contributed by atoms with E-state index in [2.05, 4.69) is 15.3 Å². The van der Waals surface area contributed by atoms with Gasteiger partial charge in [0, 0.05) is 6.20 Å². The van der Waals surface area contributed by atoms with Crippen molar-refractivity contribution < 1.29 is 13.2 Å². The Morgan fingerprint density at radius 3 is 2.45 bits per heavy atom. The Hall–Kier alpha value is -3.43. The van der Waals surface area contributed by atoms with Gasteiger partial charge in [-0.1, -0.05) is 29.8 Å². The van der Waals surface area contributed by atoms with Crippen LogP contribution in [0.15, 0.2) is 59.6 Å². The highest BCUT2D eigenvalue weighted by Crippen LogP contribution is 2.30. The first-order valence-corrected chi connectivity index (χ1v) is 11.0. The molecule has 0 aliphatic rings. The summed E-state index contributed by atoms with van der Waals surface area (Å²) in [4.78, 5) is 20.4. The Morgan fingerprint density at radius 2 is 1.77 bits per heavy atom. The zero-order valence-corrected chi connectivity index (χ0v) is 18.2. The second kappa shape index (κ2) is 7.68. The van der Waals surface area contributed by atoms with Crippen LogP contribution in [0.25, 0.3) is 11.0 Å². The molecular weight excluding hydrogens is 438 g/mol. The number of nitrogens with zero attached hydrogens (tertiary/aromatic N) is 3. The summed E-state index contributed by atoms with van der Waals surface area (Å²) in [7, 11) is -3.91. The molecule has 0 spiro atoms. The summed E-state index contributed by atoms with van der Waals surface area (Å²) in [5.74, 6) is -0.350. The first-order chi connectivity index (χ1) is 14.7. The fourth-order valence-corrected chi connectivity index (χ4v) is 4.76. The number of nitrogens with two attached hydrogens (primary N) is 1. The first kappa shape index (κ1) is 20.8. The maximum Gasteiger partial charge on any atom is 0.269 e. The fourth-order valence-electron chi connectivity index (χ4n) is 3.30. The molecule has 0 atom stereocenters. The third-order valence-electron chi connectivity index (χ3n) is 4.83. The molecule has 158 valence electrons. The monoisotopic (exact) mass is 455 g/mol. The summed E-state index contributed by atoms with van der Waals surface area (Å²) < 4.78 is 27.4. The maximum absolute atomic E-state index is 13.2. The summed E-state index contributed by atoms with van der Waals surface area (Å²) in [5.41, 5.74) is 8.00. The van der Waals surface area contributed by atoms with E-state index in [1.807, 2.05) is 6.92 Å². The van der Waals surface area contributed by atoms with Crippen LogP contribution >= 0.6 is 11.6 Å². The number of hydrogen-bond donors (Lipinski definition) is 2. The molecule has 0 aliphatic heterocycles. The molecule has 3 N–H and O–H groups in total. The number of hydrogen-bond acceptors (Lipinski definition) is 6. The third-order valence-corrected chi connectivity index (χ3v) is 6.68. The highest BCUT2D eigenvalue weighted by molar-refractivity contribution is 7.90. The number of nitrogens with one attached hydrogen (secondary N) is 1. The van der Waals surface area contributed by atoms with Gasteiger partial charge in [-0.3, -0.25) is 4.79 Å². The summed E-state index contributed by atoms with van der Waals surface area (Å²) in [6, 6.07) is 13.3. The Labute approximate surface area is 183 Å². The van der Waals surface area contributed by atoms with Gasteiger partial charge in [-0.2, -0.15) is 9.97 Å². The highest BCUT2D eigenvalue weighted by atomic mass is 35.5. The van der Waals surface area contributed by atoms with Gasteiger partial charge in [-0.05, 0) is 55.3 Å². The average molecular weight is 456 g/mol. The number of rotatable bonds is 5. The standard InChI is InChI=1S/C21H18ClN5O3S/c1-12-6-8-14(9-7-12)31(29,30)27-11-10-15-19(25-21(22)26-20(15)27)24-16-5-3-4-13(2)17(16)18(23)28/h3-11H,1-2H3,(H2,23,28)(H,24,25,26). The normalized spacial score (nSPS) is 11.6. The summed E-state index contributed by atoms with van der Waals surface area (Å²) in [6.45, 7) is 3.64. The molecule has 0 saturated heterocycles. The number of fused-ring (bicyclic) bond motifs is 1. The fraction of sp³-hybridized carbons (Fsp3) is 0.0952. The molecule has 4 rings (SSSR count). The second-order valence-corrected chi connectivity index (χ2v) is 9.15. The van der Waals surface area contributed by atoms with Crippen LogP contribution in [0.5, 0.6) is 0 Å². The van der Waals surface area contributed by atoms with Crippen molar-refractivity contribution in [3.05, 3.63) is 76.7 Å². The van der Waals surface area contributed by atoms with E-state index in [-0.39, 0.29) is 21.6 Å². The molecule has 4 aromatic rings. The Morgan fingerprint density at radius 1 is 1.06 bits per heavy atom. The van der Waals surface area contributed by atoms with E-state index in [1.54, 1.807) is 43.3 Å². The number of halogens is 1. The van der Waals surface area contributed by atoms with Gasteiger partial charge in [0.1, 0.15) is 5.82 Å². The quantitative estimate of drug-likeness (QED) is 0.442. The van der Waals surface area contributed by atoms with Crippen LogP contribution in [0, 0.1) is 13.8 Å². The molecule has 0 unspecified atom stereocenters. The molecule has 10 heteroatoms. The highest BCUT2D eigenvalue weighted by Gasteiger charge is 2.22. The lowest BCUT2D eigenvalue weighted by atomic mass is 10.1. The molecule has 2 heterocycles. The van der Waals surface area contributed by atoms with Crippen molar-refractivity contribution in [3.63, 3.8) is 0 Å². The van der Waals surface area contributed by atoms with Crippen molar-refractivity contribution in [2.24, 2.45) is 5.73 Å². The van der Waals surface area contributed by atoms with Crippen molar-refractivity contribution in [2.75, 3.05) is 5.32 Å². The van der Waals surface area contributed by atoms with E-state index < -0.39 is 15.9 Å². The molecule has 8 nitrogen and oxygen atoms in total. The van der Waals surface area contributed by atoms with Gasteiger partial charge in [0.05, 0.1) is 21.5 Å². The van der Waals surface area contributed by atoms with Gasteiger partial charge >= 0.3 is 0 Å². The van der Waals surface area contributed by atoms with Crippen LogP contribution < -0.4 is 11.1 Å². The molecule has 0 fully saturated rings. The van der Waals surface area contributed by atoms with Crippen molar-refractivity contribution in [1.82, 2.24) is 13.9 Å². The number of carbonyl (C=O) groups is 1. The van der Waals surface area contributed by atoms with Gasteiger partial charge in [-0.25, -0.2) is 12.4 Å². The van der Waals surface area contributed by atoms with Crippen LogP contribution in [0.1, 0.15) is 21.5 Å². The van der Waals surface area contributed by atoms with E-state index in [0.29, 0.717) is 22.2 Å². The van der Waals surface area contributed by atoms with E-state index >= 15 is 0 Å². The molecule has 1 amide bonds. The molecule has 0 aliphatic carbocycles.